The third-order valence-electron chi connectivity index (χ3n) is 4.25. The van der Waals surface area contributed by atoms with Gasteiger partial charge in [0, 0.05) is 0 Å². The number of ether oxygens (including phenoxy) is 1. The van der Waals surface area contributed by atoms with Gasteiger partial charge in [0.2, 0.25) is 0 Å². The van der Waals surface area contributed by atoms with Crippen LogP contribution in [0.25, 0.3) is 0 Å². The van der Waals surface area contributed by atoms with Gasteiger partial charge in [-0.15, -0.1) is 0 Å². The van der Waals surface area contributed by atoms with Crippen LogP contribution in [0.5, 0.6) is 0 Å². The summed E-state index contributed by atoms with van der Waals surface area (Å²) in [7, 11) is 0. The number of hydrogen-bond acceptors (Lipinski definition) is 5. The van der Waals surface area contributed by atoms with Crippen LogP contribution in [-0.2, 0) is 14.4 Å². The lowest BCUT2D eigenvalue weighted by Crippen LogP contribution is -2.41. The standard InChI is InChI=1S/C16H32O5/c1-6-8-9-13(21-19)16(5,7-2)12-15(3,4)14(18)20-11-10-17/h13,17,19H,6-12H2,1-5H3. The van der Waals surface area contributed by atoms with Crippen molar-refractivity contribution in [2.24, 2.45) is 10.8 Å². The first-order chi connectivity index (χ1) is 9.77. The quantitative estimate of drug-likeness (QED) is 0.347. The van der Waals surface area contributed by atoms with Crippen molar-refractivity contribution < 1.29 is 24.8 Å². The topological polar surface area (TPSA) is 76.0 Å². The second-order valence-electron chi connectivity index (χ2n) is 6.66. The van der Waals surface area contributed by atoms with E-state index in [4.69, 9.17) is 14.7 Å². The van der Waals surface area contributed by atoms with E-state index < -0.39 is 5.41 Å². The molecule has 0 aromatic carbocycles. The normalized spacial score (nSPS) is 16.3. The van der Waals surface area contributed by atoms with Gasteiger partial charge in [-0.1, -0.05) is 33.6 Å². The maximum Gasteiger partial charge on any atom is 0.311 e. The van der Waals surface area contributed by atoms with Crippen LogP contribution in [0.2, 0.25) is 0 Å². The molecule has 0 saturated carbocycles. The second kappa shape index (κ2) is 9.38. The van der Waals surface area contributed by atoms with Crippen molar-refractivity contribution in [3.8, 4) is 0 Å². The van der Waals surface area contributed by atoms with E-state index in [0.717, 1.165) is 25.7 Å². The Morgan fingerprint density at radius 2 is 1.86 bits per heavy atom. The van der Waals surface area contributed by atoms with Gasteiger partial charge in [-0.25, -0.2) is 4.89 Å². The molecule has 0 aliphatic carbocycles. The molecule has 0 radical (unpaired) electrons. The Balaban J connectivity index is 4.94. The fourth-order valence-corrected chi connectivity index (χ4v) is 2.80. The molecule has 5 nitrogen and oxygen atoms in total. The first kappa shape index (κ1) is 20.3. The molecule has 0 heterocycles. The molecule has 2 N–H and O–H groups in total. The highest BCUT2D eigenvalue weighted by Gasteiger charge is 2.42. The molecule has 0 spiro atoms. The van der Waals surface area contributed by atoms with Crippen molar-refractivity contribution in [1.82, 2.24) is 0 Å². The average Bonchev–Trinajstić information content (AvgIpc) is 2.44. The third-order valence-corrected chi connectivity index (χ3v) is 4.25. The van der Waals surface area contributed by atoms with Crippen LogP contribution in [0.4, 0.5) is 0 Å². The number of rotatable bonds is 11. The van der Waals surface area contributed by atoms with Crippen LogP contribution in [-0.4, -0.2) is 35.7 Å². The average molecular weight is 304 g/mol. The fraction of sp³-hybridized carbons (Fsp3) is 0.938. The van der Waals surface area contributed by atoms with E-state index in [0.29, 0.717) is 6.42 Å². The van der Waals surface area contributed by atoms with E-state index in [9.17, 15) is 10.1 Å². The number of aliphatic hydroxyl groups excluding tert-OH is 1. The zero-order chi connectivity index (χ0) is 16.5. The van der Waals surface area contributed by atoms with Crippen LogP contribution in [0.3, 0.4) is 0 Å². The molecular formula is C16H32O5. The number of aliphatic hydroxyl groups is 1. The fourth-order valence-electron chi connectivity index (χ4n) is 2.80. The van der Waals surface area contributed by atoms with E-state index in [1.807, 2.05) is 27.7 Å². The number of hydrogen-bond donors (Lipinski definition) is 2. The van der Waals surface area contributed by atoms with Gasteiger partial charge >= 0.3 is 5.97 Å². The van der Waals surface area contributed by atoms with E-state index in [-0.39, 0.29) is 30.7 Å². The molecule has 5 heteroatoms. The molecule has 0 aliphatic rings. The Morgan fingerprint density at radius 3 is 2.29 bits per heavy atom. The highest BCUT2D eigenvalue weighted by Crippen LogP contribution is 2.42. The van der Waals surface area contributed by atoms with Crippen molar-refractivity contribution >= 4 is 5.97 Å². The van der Waals surface area contributed by atoms with Gasteiger partial charge in [0.25, 0.3) is 0 Å². The summed E-state index contributed by atoms with van der Waals surface area (Å²) >= 11 is 0. The van der Waals surface area contributed by atoms with Crippen LogP contribution < -0.4 is 0 Å². The van der Waals surface area contributed by atoms with E-state index in [2.05, 4.69) is 6.92 Å². The summed E-state index contributed by atoms with van der Waals surface area (Å²) in [5, 5.41) is 18.0. The van der Waals surface area contributed by atoms with Gasteiger partial charge in [-0.05, 0) is 38.5 Å². The summed E-state index contributed by atoms with van der Waals surface area (Å²) in [6.45, 7) is 9.65. The van der Waals surface area contributed by atoms with Crippen molar-refractivity contribution in [3.05, 3.63) is 0 Å². The lowest BCUT2D eigenvalue weighted by Gasteiger charge is -2.40. The molecule has 126 valence electrons. The summed E-state index contributed by atoms with van der Waals surface area (Å²) in [5.74, 6) is -0.330. The van der Waals surface area contributed by atoms with Gasteiger partial charge < -0.3 is 9.84 Å². The molecule has 0 aromatic heterocycles. The largest absolute Gasteiger partial charge is 0.463 e. The lowest BCUT2D eigenvalue weighted by atomic mass is 9.68. The smallest absolute Gasteiger partial charge is 0.311 e. The van der Waals surface area contributed by atoms with Crippen molar-refractivity contribution in [1.29, 1.82) is 0 Å². The van der Waals surface area contributed by atoms with Gasteiger partial charge in [0.15, 0.2) is 0 Å². The second-order valence-corrected chi connectivity index (χ2v) is 6.66. The highest BCUT2D eigenvalue weighted by molar-refractivity contribution is 5.76. The zero-order valence-corrected chi connectivity index (χ0v) is 14.1. The monoisotopic (exact) mass is 304 g/mol. The number of unbranched alkanes of at least 4 members (excludes halogenated alkanes) is 1. The third kappa shape index (κ3) is 6.32. The summed E-state index contributed by atoms with van der Waals surface area (Å²) < 4.78 is 5.05. The van der Waals surface area contributed by atoms with Crippen LogP contribution in [0, 0.1) is 10.8 Å². The van der Waals surface area contributed by atoms with E-state index >= 15 is 0 Å². The molecule has 0 aromatic rings. The van der Waals surface area contributed by atoms with Gasteiger partial charge in [-0.3, -0.25) is 10.1 Å². The maximum absolute atomic E-state index is 12.1. The molecule has 2 atom stereocenters. The SMILES string of the molecule is CCCCC(OO)C(C)(CC)CC(C)(C)C(=O)OCCO. The van der Waals surface area contributed by atoms with E-state index in [1.54, 1.807) is 0 Å². The van der Waals surface area contributed by atoms with Crippen molar-refractivity contribution in [3.63, 3.8) is 0 Å². The Kier molecular flexibility index (Phi) is 9.09. The number of carbonyl (C=O) groups excluding carboxylic acids is 1. The Morgan fingerprint density at radius 1 is 1.24 bits per heavy atom. The maximum atomic E-state index is 12.1. The molecule has 0 saturated heterocycles. The van der Waals surface area contributed by atoms with Crippen LogP contribution >= 0.6 is 0 Å². The molecule has 21 heavy (non-hydrogen) atoms. The molecule has 0 amide bonds. The van der Waals surface area contributed by atoms with Gasteiger partial charge in [0.05, 0.1) is 18.1 Å². The molecule has 0 aliphatic heterocycles. The highest BCUT2D eigenvalue weighted by atomic mass is 17.1. The summed E-state index contributed by atoms with van der Waals surface area (Å²) in [6, 6.07) is 0. The first-order valence-electron chi connectivity index (χ1n) is 7.85. The molecule has 2 unspecified atom stereocenters. The van der Waals surface area contributed by atoms with Gasteiger partial charge in [0.1, 0.15) is 6.61 Å². The van der Waals surface area contributed by atoms with Crippen molar-refractivity contribution in [2.75, 3.05) is 13.2 Å². The first-order valence-corrected chi connectivity index (χ1v) is 7.85. The summed E-state index contributed by atoms with van der Waals surface area (Å²) in [6.07, 6.45) is 3.80. The Labute approximate surface area is 128 Å². The van der Waals surface area contributed by atoms with Crippen LogP contribution in [0.15, 0.2) is 0 Å². The predicted octanol–water partition coefficient (Wildman–Crippen LogP) is 3.40. The summed E-state index contributed by atoms with van der Waals surface area (Å²) in [5.41, 5.74) is -1.01. The Bertz CT molecular complexity index is 303. The lowest BCUT2D eigenvalue weighted by molar-refractivity contribution is -0.307. The van der Waals surface area contributed by atoms with Crippen molar-refractivity contribution in [2.45, 2.75) is 72.8 Å². The summed E-state index contributed by atoms with van der Waals surface area (Å²) in [4.78, 5) is 16.8. The molecule has 0 rings (SSSR count). The Hall–Kier alpha value is -0.650. The molecule has 0 fully saturated rings. The predicted molar refractivity (Wildman–Crippen MR) is 81.9 cm³/mol. The molecular weight excluding hydrogens is 272 g/mol. The van der Waals surface area contributed by atoms with Gasteiger partial charge in [-0.2, -0.15) is 0 Å². The van der Waals surface area contributed by atoms with Crippen LogP contribution in [0.1, 0.15) is 66.7 Å². The van der Waals surface area contributed by atoms with E-state index in [1.165, 1.54) is 0 Å². The minimum atomic E-state index is -0.692. The minimum absolute atomic E-state index is 0.0147. The zero-order valence-electron chi connectivity index (χ0n) is 14.1. The number of carbonyl (C=O) groups is 1. The minimum Gasteiger partial charge on any atom is -0.463 e. The number of esters is 1. The molecule has 0 bridgehead atoms.